The van der Waals surface area contributed by atoms with Gasteiger partial charge < -0.3 is 15.2 Å². The van der Waals surface area contributed by atoms with Crippen LogP contribution in [-0.4, -0.2) is 24.1 Å². The number of rotatable bonds is 4. The number of hydrogen-bond acceptors (Lipinski definition) is 3. The molecule has 0 saturated heterocycles. The van der Waals surface area contributed by atoms with Crippen molar-refractivity contribution in [3.63, 3.8) is 0 Å². The Kier molecular flexibility index (Phi) is 4.90. The number of carboxylic acids is 1. The molecule has 0 aromatic heterocycles. The number of carboxylic acid groups (broad SMARTS) is 1. The van der Waals surface area contributed by atoms with Crippen molar-refractivity contribution < 1.29 is 19.4 Å². The van der Waals surface area contributed by atoms with E-state index >= 15 is 0 Å². The van der Waals surface area contributed by atoms with Crippen LogP contribution in [0.15, 0.2) is 36.4 Å². The molecule has 0 saturated carbocycles. The van der Waals surface area contributed by atoms with Crippen molar-refractivity contribution in [1.82, 2.24) is 0 Å². The summed E-state index contributed by atoms with van der Waals surface area (Å²) in [6.45, 7) is 0. The molecule has 0 aliphatic heterocycles. The number of halogens is 2. The number of nitrogens with one attached hydrogen (secondary N) is 1. The third kappa shape index (κ3) is 3.50. The monoisotopic (exact) mass is 339 g/mol. The molecule has 0 radical (unpaired) electrons. The number of methoxy groups -OCH3 is 1. The molecule has 5 nitrogen and oxygen atoms in total. The van der Waals surface area contributed by atoms with Gasteiger partial charge in [-0.25, -0.2) is 4.79 Å². The largest absolute Gasteiger partial charge is 0.497 e. The lowest BCUT2D eigenvalue weighted by Gasteiger charge is -2.10. The predicted molar refractivity (Wildman–Crippen MR) is 84.4 cm³/mol. The van der Waals surface area contributed by atoms with Gasteiger partial charge >= 0.3 is 5.97 Å². The van der Waals surface area contributed by atoms with E-state index in [0.29, 0.717) is 11.3 Å². The Bertz CT molecular complexity index is 746. The Morgan fingerprint density at radius 1 is 1.14 bits per heavy atom. The van der Waals surface area contributed by atoms with E-state index in [2.05, 4.69) is 5.32 Å². The maximum absolute atomic E-state index is 12.2. The van der Waals surface area contributed by atoms with Crippen LogP contribution in [0.2, 0.25) is 10.0 Å². The fourth-order valence-corrected chi connectivity index (χ4v) is 2.28. The summed E-state index contributed by atoms with van der Waals surface area (Å²) in [7, 11) is 1.49. The van der Waals surface area contributed by atoms with Gasteiger partial charge in [0.15, 0.2) is 0 Å². The van der Waals surface area contributed by atoms with E-state index in [1.165, 1.54) is 19.2 Å². The first-order valence-electron chi connectivity index (χ1n) is 6.10. The molecule has 0 spiro atoms. The zero-order valence-corrected chi connectivity index (χ0v) is 12.9. The van der Waals surface area contributed by atoms with E-state index in [9.17, 15) is 9.59 Å². The zero-order chi connectivity index (χ0) is 16.3. The topological polar surface area (TPSA) is 75.6 Å². The van der Waals surface area contributed by atoms with Gasteiger partial charge in [0.1, 0.15) is 5.75 Å². The summed E-state index contributed by atoms with van der Waals surface area (Å²) in [5.41, 5.74) is 0.366. The van der Waals surface area contributed by atoms with Gasteiger partial charge in [0.2, 0.25) is 0 Å². The minimum Gasteiger partial charge on any atom is -0.497 e. The van der Waals surface area contributed by atoms with E-state index in [4.69, 9.17) is 33.0 Å². The Balaban J connectivity index is 2.31. The van der Waals surface area contributed by atoms with Crippen LogP contribution in [-0.2, 0) is 0 Å². The zero-order valence-electron chi connectivity index (χ0n) is 11.4. The van der Waals surface area contributed by atoms with Crippen LogP contribution >= 0.6 is 23.2 Å². The van der Waals surface area contributed by atoms with Crippen molar-refractivity contribution in [2.75, 3.05) is 12.4 Å². The van der Waals surface area contributed by atoms with Crippen LogP contribution in [0.4, 0.5) is 5.69 Å². The Hall–Kier alpha value is -2.24. The Morgan fingerprint density at radius 2 is 1.86 bits per heavy atom. The minimum absolute atomic E-state index is 0.00289. The number of benzene rings is 2. The molecule has 2 N–H and O–H groups in total. The lowest BCUT2D eigenvalue weighted by atomic mass is 10.1. The van der Waals surface area contributed by atoms with Crippen molar-refractivity contribution >= 4 is 40.8 Å². The summed E-state index contributed by atoms with van der Waals surface area (Å²) in [6, 6.07) is 9.00. The smallest absolute Gasteiger partial charge is 0.337 e. The van der Waals surface area contributed by atoms with Crippen molar-refractivity contribution in [3.05, 3.63) is 57.6 Å². The first-order valence-corrected chi connectivity index (χ1v) is 6.85. The van der Waals surface area contributed by atoms with Gasteiger partial charge in [-0.1, -0.05) is 29.3 Å². The van der Waals surface area contributed by atoms with Crippen LogP contribution in [0.25, 0.3) is 0 Å². The SMILES string of the molecule is COc1cccc(C(=O)Nc2cc(C(=O)O)c(Cl)cc2Cl)c1. The van der Waals surface area contributed by atoms with Gasteiger partial charge in [0, 0.05) is 5.56 Å². The number of ether oxygens (including phenoxy) is 1. The Labute approximate surface area is 136 Å². The lowest BCUT2D eigenvalue weighted by Crippen LogP contribution is -2.13. The normalized spacial score (nSPS) is 10.1. The summed E-state index contributed by atoms with van der Waals surface area (Å²) < 4.78 is 5.04. The molecule has 0 heterocycles. The molecular weight excluding hydrogens is 329 g/mol. The summed E-state index contributed by atoms with van der Waals surface area (Å²) in [5.74, 6) is -1.13. The van der Waals surface area contributed by atoms with Crippen LogP contribution in [0.3, 0.4) is 0 Å². The summed E-state index contributed by atoms with van der Waals surface area (Å²) in [6.07, 6.45) is 0. The van der Waals surface area contributed by atoms with Gasteiger partial charge in [-0.3, -0.25) is 4.79 Å². The molecule has 0 aliphatic carbocycles. The predicted octanol–water partition coefficient (Wildman–Crippen LogP) is 3.95. The molecule has 0 aliphatic rings. The summed E-state index contributed by atoms with van der Waals surface area (Å²) >= 11 is 11.8. The van der Waals surface area contributed by atoms with E-state index in [-0.39, 0.29) is 21.3 Å². The standard InChI is InChI=1S/C15H11Cl2NO4/c1-22-9-4-2-3-8(5-9)14(19)18-13-6-10(15(20)21)11(16)7-12(13)17/h2-7H,1H3,(H,18,19)(H,20,21). The number of anilines is 1. The van der Waals surface area contributed by atoms with Crippen LogP contribution < -0.4 is 10.1 Å². The molecule has 2 rings (SSSR count). The highest BCUT2D eigenvalue weighted by molar-refractivity contribution is 6.38. The maximum atomic E-state index is 12.2. The van der Waals surface area contributed by atoms with Crippen LogP contribution in [0, 0.1) is 0 Å². The molecule has 7 heteroatoms. The van der Waals surface area contributed by atoms with Crippen molar-refractivity contribution in [3.8, 4) is 5.75 Å². The lowest BCUT2D eigenvalue weighted by molar-refractivity contribution is 0.0696. The maximum Gasteiger partial charge on any atom is 0.337 e. The quantitative estimate of drug-likeness (QED) is 0.884. The van der Waals surface area contributed by atoms with Gasteiger partial charge in [-0.05, 0) is 30.3 Å². The molecule has 0 fully saturated rings. The summed E-state index contributed by atoms with van der Waals surface area (Å²) in [4.78, 5) is 23.3. The highest BCUT2D eigenvalue weighted by Crippen LogP contribution is 2.29. The van der Waals surface area contributed by atoms with E-state index in [0.717, 1.165) is 0 Å². The second kappa shape index (κ2) is 6.68. The van der Waals surface area contributed by atoms with E-state index in [1.54, 1.807) is 24.3 Å². The average molecular weight is 340 g/mol. The van der Waals surface area contributed by atoms with Gasteiger partial charge in [0.25, 0.3) is 5.91 Å². The molecule has 0 unspecified atom stereocenters. The van der Waals surface area contributed by atoms with Crippen molar-refractivity contribution in [2.24, 2.45) is 0 Å². The van der Waals surface area contributed by atoms with E-state index < -0.39 is 11.9 Å². The number of aromatic carboxylic acids is 1. The average Bonchev–Trinajstić information content (AvgIpc) is 2.49. The molecule has 1 amide bonds. The number of hydrogen-bond donors (Lipinski definition) is 2. The Morgan fingerprint density at radius 3 is 2.50 bits per heavy atom. The molecule has 0 atom stereocenters. The fraction of sp³-hybridized carbons (Fsp3) is 0.0667. The molecule has 2 aromatic rings. The van der Waals surface area contributed by atoms with Gasteiger partial charge in [-0.2, -0.15) is 0 Å². The third-order valence-corrected chi connectivity index (χ3v) is 3.49. The highest BCUT2D eigenvalue weighted by atomic mass is 35.5. The highest BCUT2D eigenvalue weighted by Gasteiger charge is 2.15. The minimum atomic E-state index is -1.21. The first-order chi connectivity index (χ1) is 10.4. The van der Waals surface area contributed by atoms with Gasteiger partial charge in [0.05, 0.1) is 28.4 Å². The molecule has 114 valence electrons. The second-order valence-corrected chi connectivity index (χ2v) is 5.12. The third-order valence-electron chi connectivity index (χ3n) is 2.87. The van der Waals surface area contributed by atoms with E-state index in [1.807, 2.05) is 0 Å². The first kappa shape index (κ1) is 16.1. The fourth-order valence-electron chi connectivity index (χ4n) is 1.77. The molecule has 22 heavy (non-hydrogen) atoms. The number of amides is 1. The van der Waals surface area contributed by atoms with Crippen molar-refractivity contribution in [2.45, 2.75) is 0 Å². The van der Waals surface area contributed by atoms with Crippen LogP contribution in [0.5, 0.6) is 5.75 Å². The molecule has 0 bridgehead atoms. The molecular formula is C15H11Cl2NO4. The number of carbonyl (C=O) groups is 2. The van der Waals surface area contributed by atoms with Gasteiger partial charge in [-0.15, -0.1) is 0 Å². The number of carbonyl (C=O) groups excluding carboxylic acids is 1. The van der Waals surface area contributed by atoms with Crippen molar-refractivity contribution in [1.29, 1.82) is 0 Å². The van der Waals surface area contributed by atoms with Crippen LogP contribution in [0.1, 0.15) is 20.7 Å². The molecule has 2 aromatic carbocycles. The second-order valence-electron chi connectivity index (χ2n) is 4.30. The summed E-state index contributed by atoms with van der Waals surface area (Å²) in [5, 5.41) is 11.7.